The Morgan fingerprint density at radius 3 is 2.51 bits per heavy atom. The highest BCUT2D eigenvalue weighted by atomic mass is 32.2. The maximum absolute atomic E-state index is 13.7. The fraction of sp³-hybridized carbons (Fsp3) is 0.400. The minimum Gasteiger partial charge on any atom is -0.343 e. The van der Waals surface area contributed by atoms with Gasteiger partial charge in [-0.2, -0.15) is 0 Å². The van der Waals surface area contributed by atoms with Crippen molar-refractivity contribution in [2.24, 2.45) is 7.05 Å². The Hall–Kier alpha value is -3.40. The van der Waals surface area contributed by atoms with Crippen molar-refractivity contribution in [3.05, 3.63) is 68.9 Å². The summed E-state index contributed by atoms with van der Waals surface area (Å²) in [5, 5.41) is 0.127. The molecule has 0 aliphatic carbocycles. The molecule has 2 aromatic carbocycles. The molecule has 35 heavy (non-hydrogen) atoms. The number of carbonyl (C=O) groups is 1. The van der Waals surface area contributed by atoms with E-state index in [1.165, 1.54) is 34.1 Å². The van der Waals surface area contributed by atoms with E-state index in [1.54, 1.807) is 17.0 Å². The van der Waals surface area contributed by atoms with E-state index in [0.29, 0.717) is 30.7 Å². The quantitative estimate of drug-likeness (QED) is 0.537. The Kier molecular flexibility index (Phi) is 5.79. The highest BCUT2D eigenvalue weighted by Gasteiger charge is 2.36. The number of amides is 1. The molecular weight excluding hydrogens is 468 g/mol. The van der Waals surface area contributed by atoms with E-state index >= 15 is 0 Å². The molecule has 0 radical (unpaired) electrons. The van der Waals surface area contributed by atoms with Crippen LogP contribution in [0.5, 0.6) is 0 Å². The summed E-state index contributed by atoms with van der Waals surface area (Å²) < 4.78 is 31.1. The van der Waals surface area contributed by atoms with Gasteiger partial charge in [0.25, 0.3) is 15.6 Å². The predicted octanol–water partition coefficient (Wildman–Crippen LogP) is 1.85. The fourth-order valence-electron chi connectivity index (χ4n) is 5.20. The molecule has 1 atom stereocenters. The maximum Gasteiger partial charge on any atom is 0.331 e. The highest BCUT2D eigenvalue weighted by molar-refractivity contribution is 7.92. The Morgan fingerprint density at radius 1 is 1.06 bits per heavy atom. The molecular formula is C25H28N4O5S. The zero-order valence-electron chi connectivity index (χ0n) is 19.8. The summed E-state index contributed by atoms with van der Waals surface area (Å²) in [4.78, 5) is 40.4. The molecule has 0 spiro atoms. The molecule has 3 heterocycles. The van der Waals surface area contributed by atoms with Crippen LogP contribution < -0.4 is 15.6 Å². The second-order valence-electron chi connectivity index (χ2n) is 9.30. The Labute approximate surface area is 203 Å². The van der Waals surface area contributed by atoms with E-state index < -0.39 is 21.3 Å². The van der Waals surface area contributed by atoms with Crippen LogP contribution in [0, 0.1) is 0 Å². The first-order valence-corrected chi connectivity index (χ1v) is 13.3. The number of aryl methyl sites for hydroxylation is 1. The first kappa shape index (κ1) is 23.3. The van der Waals surface area contributed by atoms with Crippen LogP contribution >= 0.6 is 0 Å². The van der Waals surface area contributed by atoms with Crippen LogP contribution in [0.15, 0.2) is 56.9 Å². The molecule has 0 saturated carbocycles. The number of likely N-dealkylation sites (tertiary alicyclic amines) is 1. The standard InChI is InChI=1S/C25H28N4O5S/c1-17-15-18-7-3-4-8-21(18)29(17)35(33,34)19-9-10-22-20(16-19)24(31)28(25(32)26(22)2)14-11-23(30)27-12-5-6-13-27/h3-4,7-10,16-17H,5-6,11-15H2,1-2H3/t17-/m0/s1. The van der Waals surface area contributed by atoms with E-state index in [0.717, 1.165) is 23.0 Å². The van der Waals surface area contributed by atoms with E-state index in [4.69, 9.17) is 0 Å². The number of carbonyl (C=O) groups excluding carboxylic acids is 1. The molecule has 10 heteroatoms. The molecule has 0 N–H and O–H groups in total. The van der Waals surface area contributed by atoms with Gasteiger partial charge in [-0.05, 0) is 56.0 Å². The van der Waals surface area contributed by atoms with Crippen LogP contribution in [0.25, 0.3) is 10.9 Å². The summed E-state index contributed by atoms with van der Waals surface area (Å²) >= 11 is 0. The molecule has 2 aliphatic heterocycles. The molecule has 9 nitrogen and oxygen atoms in total. The van der Waals surface area contributed by atoms with E-state index in [9.17, 15) is 22.8 Å². The lowest BCUT2D eigenvalue weighted by Crippen LogP contribution is -2.40. The molecule has 1 aromatic heterocycles. The van der Waals surface area contributed by atoms with Crippen LogP contribution in [-0.4, -0.2) is 47.5 Å². The molecule has 5 rings (SSSR count). The van der Waals surface area contributed by atoms with Gasteiger partial charge >= 0.3 is 5.69 Å². The topological polar surface area (TPSA) is 102 Å². The summed E-state index contributed by atoms with van der Waals surface area (Å²) in [5.74, 6) is -0.0884. The molecule has 3 aromatic rings. The van der Waals surface area contributed by atoms with Crippen molar-refractivity contribution < 1.29 is 13.2 Å². The number of benzene rings is 2. The number of anilines is 1. The van der Waals surface area contributed by atoms with Crippen molar-refractivity contribution in [1.29, 1.82) is 0 Å². The summed E-state index contributed by atoms with van der Waals surface area (Å²) in [5.41, 5.74) is 0.810. The van der Waals surface area contributed by atoms with Crippen molar-refractivity contribution in [3.8, 4) is 0 Å². The number of hydrogen-bond acceptors (Lipinski definition) is 5. The SMILES string of the molecule is C[C@H]1Cc2ccccc2N1S(=O)(=O)c1ccc2c(c1)c(=O)n(CCC(=O)N1CCCC1)c(=O)n2C. The van der Waals surface area contributed by atoms with Crippen molar-refractivity contribution in [2.45, 2.75) is 50.1 Å². The van der Waals surface area contributed by atoms with Gasteiger partial charge in [0, 0.05) is 39.1 Å². The number of hydrogen-bond donors (Lipinski definition) is 0. The average molecular weight is 497 g/mol. The van der Waals surface area contributed by atoms with Crippen LogP contribution in [0.4, 0.5) is 5.69 Å². The van der Waals surface area contributed by atoms with Crippen LogP contribution in [0.1, 0.15) is 31.7 Å². The van der Waals surface area contributed by atoms with Gasteiger partial charge in [0.1, 0.15) is 0 Å². The largest absolute Gasteiger partial charge is 0.343 e. The van der Waals surface area contributed by atoms with Gasteiger partial charge in [-0.15, -0.1) is 0 Å². The van der Waals surface area contributed by atoms with Gasteiger partial charge in [-0.1, -0.05) is 18.2 Å². The molecule has 0 bridgehead atoms. The van der Waals surface area contributed by atoms with Gasteiger partial charge in [-0.3, -0.25) is 23.0 Å². The lowest BCUT2D eigenvalue weighted by atomic mass is 10.1. The molecule has 0 unspecified atom stereocenters. The van der Waals surface area contributed by atoms with Gasteiger partial charge < -0.3 is 4.90 Å². The van der Waals surface area contributed by atoms with Crippen LogP contribution in [-0.2, 0) is 34.8 Å². The maximum atomic E-state index is 13.7. The second-order valence-corrected chi connectivity index (χ2v) is 11.1. The number of para-hydroxylation sites is 1. The minimum absolute atomic E-state index is 0.0102. The molecule has 1 saturated heterocycles. The van der Waals surface area contributed by atoms with Crippen molar-refractivity contribution in [2.75, 3.05) is 17.4 Å². The lowest BCUT2D eigenvalue weighted by Gasteiger charge is -2.24. The number of sulfonamides is 1. The third-order valence-electron chi connectivity index (χ3n) is 7.03. The Morgan fingerprint density at radius 2 is 1.77 bits per heavy atom. The summed E-state index contributed by atoms with van der Waals surface area (Å²) in [6, 6.07) is 11.4. The average Bonchev–Trinajstić information content (AvgIpc) is 3.49. The summed E-state index contributed by atoms with van der Waals surface area (Å²) in [6.07, 6.45) is 2.57. The molecule has 184 valence electrons. The van der Waals surface area contributed by atoms with E-state index in [-0.39, 0.29) is 35.2 Å². The zero-order valence-corrected chi connectivity index (χ0v) is 20.6. The minimum atomic E-state index is -3.95. The number of aromatic nitrogens is 2. The van der Waals surface area contributed by atoms with E-state index in [2.05, 4.69) is 0 Å². The van der Waals surface area contributed by atoms with Gasteiger partial charge in [0.2, 0.25) is 5.91 Å². The fourth-order valence-corrected chi connectivity index (χ4v) is 6.92. The Bertz CT molecular complexity index is 1550. The Balaban J connectivity index is 1.55. The normalized spacial score (nSPS) is 17.8. The molecule has 2 aliphatic rings. The number of rotatable bonds is 5. The summed E-state index contributed by atoms with van der Waals surface area (Å²) in [6.45, 7) is 3.20. The van der Waals surface area contributed by atoms with Gasteiger partial charge in [-0.25, -0.2) is 13.2 Å². The van der Waals surface area contributed by atoms with Crippen molar-refractivity contribution in [3.63, 3.8) is 0 Å². The first-order chi connectivity index (χ1) is 16.7. The second kappa shape index (κ2) is 8.67. The summed E-state index contributed by atoms with van der Waals surface area (Å²) in [7, 11) is -2.41. The van der Waals surface area contributed by atoms with Gasteiger partial charge in [0.15, 0.2) is 0 Å². The molecule has 1 fully saturated rings. The molecule has 1 amide bonds. The number of nitrogens with zero attached hydrogens (tertiary/aromatic N) is 4. The predicted molar refractivity (Wildman–Crippen MR) is 133 cm³/mol. The van der Waals surface area contributed by atoms with Crippen molar-refractivity contribution >= 4 is 32.5 Å². The zero-order chi connectivity index (χ0) is 24.9. The number of fused-ring (bicyclic) bond motifs is 2. The van der Waals surface area contributed by atoms with Crippen LogP contribution in [0.2, 0.25) is 0 Å². The first-order valence-electron chi connectivity index (χ1n) is 11.8. The van der Waals surface area contributed by atoms with Crippen LogP contribution in [0.3, 0.4) is 0 Å². The van der Waals surface area contributed by atoms with E-state index in [1.807, 2.05) is 19.1 Å². The smallest absolute Gasteiger partial charge is 0.331 e. The third kappa shape index (κ3) is 3.85. The monoisotopic (exact) mass is 496 g/mol. The van der Waals surface area contributed by atoms with Crippen molar-refractivity contribution in [1.82, 2.24) is 14.0 Å². The third-order valence-corrected chi connectivity index (χ3v) is 8.96. The van der Waals surface area contributed by atoms with Gasteiger partial charge in [0.05, 0.1) is 21.5 Å². The lowest BCUT2D eigenvalue weighted by molar-refractivity contribution is -0.130. The highest BCUT2D eigenvalue weighted by Crippen LogP contribution is 2.36.